The Morgan fingerprint density at radius 3 is 3.00 bits per heavy atom. The SMILES string of the molecule is CC[C@@H](O)[C@@H]1C=CC(=O)O1. The molecule has 1 heterocycles. The fourth-order valence-electron chi connectivity index (χ4n) is 0.825. The highest BCUT2D eigenvalue weighted by Crippen LogP contribution is 2.11. The van der Waals surface area contributed by atoms with Gasteiger partial charge >= 0.3 is 5.97 Å². The van der Waals surface area contributed by atoms with Crippen molar-refractivity contribution < 1.29 is 14.6 Å². The second-order valence-electron chi connectivity index (χ2n) is 2.24. The van der Waals surface area contributed by atoms with Gasteiger partial charge in [-0.1, -0.05) is 6.92 Å². The van der Waals surface area contributed by atoms with Crippen molar-refractivity contribution in [3.05, 3.63) is 12.2 Å². The maximum atomic E-state index is 10.5. The van der Waals surface area contributed by atoms with E-state index in [1.54, 1.807) is 6.08 Å². The van der Waals surface area contributed by atoms with E-state index in [2.05, 4.69) is 0 Å². The molecule has 0 spiro atoms. The third-order valence-electron chi connectivity index (χ3n) is 1.47. The highest BCUT2D eigenvalue weighted by Gasteiger charge is 2.22. The monoisotopic (exact) mass is 142 g/mol. The van der Waals surface area contributed by atoms with Crippen LogP contribution in [-0.2, 0) is 9.53 Å². The Morgan fingerprint density at radius 2 is 2.60 bits per heavy atom. The van der Waals surface area contributed by atoms with Gasteiger partial charge in [-0.2, -0.15) is 0 Å². The Labute approximate surface area is 59.3 Å². The maximum absolute atomic E-state index is 10.5. The van der Waals surface area contributed by atoms with Crippen LogP contribution in [0, 0.1) is 0 Å². The van der Waals surface area contributed by atoms with Gasteiger partial charge in [-0.15, -0.1) is 0 Å². The number of esters is 1. The number of cyclic esters (lactones) is 1. The molecule has 0 unspecified atom stereocenters. The fourth-order valence-corrected chi connectivity index (χ4v) is 0.825. The van der Waals surface area contributed by atoms with E-state index in [-0.39, 0.29) is 5.97 Å². The van der Waals surface area contributed by atoms with Crippen LogP contribution in [0.3, 0.4) is 0 Å². The van der Waals surface area contributed by atoms with Crippen molar-refractivity contribution in [3.63, 3.8) is 0 Å². The molecule has 3 heteroatoms. The Balaban J connectivity index is 2.46. The second-order valence-corrected chi connectivity index (χ2v) is 2.24. The van der Waals surface area contributed by atoms with Crippen LogP contribution in [-0.4, -0.2) is 23.3 Å². The molecule has 0 saturated heterocycles. The van der Waals surface area contributed by atoms with E-state index in [9.17, 15) is 4.79 Å². The first-order valence-electron chi connectivity index (χ1n) is 3.31. The molecule has 10 heavy (non-hydrogen) atoms. The standard InChI is InChI=1S/C7H10O3/c1-2-5(8)6-3-4-7(9)10-6/h3-6,8H,2H2,1H3/t5-,6+/m1/s1. The van der Waals surface area contributed by atoms with Crippen LogP contribution in [0.5, 0.6) is 0 Å². The topological polar surface area (TPSA) is 46.5 Å². The minimum atomic E-state index is -0.553. The van der Waals surface area contributed by atoms with Crippen molar-refractivity contribution in [2.24, 2.45) is 0 Å². The third kappa shape index (κ3) is 1.36. The summed E-state index contributed by atoms with van der Waals surface area (Å²) in [6.45, 7) is 1.84. The fraction of sp³-hybridized carbons (Fsp3) is 0.571. The number of aliphatic hydroxyl groups excluding tert-OH is 1. The molecule has 0 amide bonds. The largest absolute Gasteiger partial charge is 0.452 e. The lowest BCUT2D eigenvalue weighted by molar-refractivity contribution is -0.142. The van der Waals surface area contributed by atoms with E-state index in [0.29, 0.717) is 6.42 Å². The lowest BCUT2D eigenvalue weighted by Crippen LogP contribution is -2.24. The molecule has 1 aliphatic heterocycles. The van der Waals surface area contributed by atoms with Crippen LogP contribution in [0.1, 0.15) is 13.3 Å². The van der Waals surface area contributed by atoms with E-state index < -0.39 is 12.2 Å². The van der Waals surface area contributed by atoms with Gasteiger partial charge in [0.1, 0.15) is 6.10 Å². The summed E-state index contributed by atoms with van der Waals surface area (Å²) in [5.74, 6) is -0.363. The summed E-state index contributed by atoms with van der Waals surface area (Å²) in [6.07, 6.45) is 2.54. The van der Waals surface area contributed by atoms with Gasteiger partial charge in [0.05, 0.1) is 6.10 Å². The number of aliphatic hydroxyl groups is 1. The molecule has 0 aromatic heterocycles. The van der Waals surface area contributed by atoms with Crippen molar-refractivity contribution >= 4 is 5.97 Å². The van der Waals surface area contributed by atoms with Gasteiger partial charge < -0.3 is 9.84 Å². The van der Waals surface area contributed by atoms with Gasteiger partial charge in [0.15, 0.2) is 0 Å². The molecule has 0 radical (unpaired) electrons. The Kier molecular flexibility index (Phi) is 2.06. The molecule has 0 fully saturated rings. The van der Waals surface area contributed by atoms with Crippen molar-refractivity contribution in [1.29, 1.82) is 0 Å². The van der Waals surface area contributed by atoms with Crippen LogP contribution in [0.2, 0.25) is 0 Å². The molecule has 0 aliphatic carbocycles. The Bertz CT molecular complexity index is 162. The molecule has 3 nitrogen and oxygen atoms in total. The molecule has 0 bridgehead atoms. The molecule has 0 saturated carbocycles. The van der Waals surface area contributed by atoms with Gasteiger partial charge in [-0.25, -0.2) is 4.79 Å². The first-order chi connectivity index (χ1) is 4.74. The zero-order valence-corrected chi connectivity index (χ0v) is 5.78. The van der Waals surface area contributed by atoms with E-state index in [1.807, 2.05) is 6.92 Å². The Morgan fingerprint density at radius 1 is 1.90 bits per heavy atom. The van der Waals surface area contributed by atoms with Crippen molar-refractivity contribution in [3.8, 4) is 0 Å². The lowest BCUT2D eigenvalue weighted by Gasteiger charge is -2.13. The van der Waals surface area contributed by atoms with Gasteiger partial charge in [0.2, 0.25) is 0 Å². The van der Waals surface area contributed by atoms with Gasteiger partial charge in [0.25, 0.3) is 0 Å². The van der Waals surface area contributed by atoms with Crippen LogP contribution in [0.25, 0.3) is 0 Å². The summed E-state index contributed by atoms with van der Waals surface area (Å²) in [5, 5.41) is 9.15. The summed E-state index contributed by atoms with van der Waals surface area (Å²) in [7, 11) is 0. The second kappa shape index (κ2) is 2.84. The van der Waals surface area contributed by atoms with Crippen LogP contribution >= 0.6 is 0 Å². The highest BCUT2D eigenvalue weighted by atomic mass is 16.6. The van der Waals surface area contributed by atoms with E-state index in [1.165, 1.54) is 6.08 Å². The first kappa shape index (κ1) is 7.28. The summed E-state index contributed by atoms with van der Waals surface area (Å²) < 4.78 is 4.71. The molecule has 1 aliphatic rings. The summed E-state index contributed by atoms with van der Waals surface area (Å²) in [6, 6.07) is 0. The van der Waals surface area contributed by atoms with Crippen LogP contribution in [0.15, 0.2) is 12.2 Å². The van der Waals surface area contributed by atoms with Gasteiger partial charge in [0, 0.05) is 6.08 Å². The molecule has 0 aromatic rings. The zero-order chi connectivity index (χ0) is 7.56. The summed E-state index contributed by atoms with van der Waals surface area (Å²) in [4.78, 5) is 10.5. The highest BCUT2D eigenvalue weighted by molar-refractivity contribution is 5.84. The number of carbonyl (C=O) groups excluding carboxylic acids is 1. The summed E-state index contributed by atoms with van der Waals surface area (Å²) in [5.41, 5.74) is 0. The predicted octanol–water partition coefficient (Wildman–Crippen LogP) is 0.239. The normalized spacial score (nSPS) is 26.6. The third-order valence-corrected chi connectivity index (χ3v) is 1.47. The Hall–Kier alpha value is -0.830. The first-order valence-corrected chi connectivity index (χ1v) is 3.31. The van der Waals surface area contributed by atoms with E-state index >= 15 is 0 Å². The lowest BCUT2D eigenvalue weighted by atomic mass is 10.1. The number of carbonyl (C=O) groups is 1. The summed E-state index contributed by atoms with van der Waals surface area (Å²) >= 11 is 0. The molecule has 0 aromatic carbocycles. The molecule has 1 rings (SSSR count). The quantitative estimate of drug-likeness (QED) is 0.562. The van der Waals surface area contributed by atoms with Crippen molar-refractivity contribution in [2.45, 2.75) is 25.6 Å². The average Bonchev–Trinajstić information content (AvgIpc) is 2.34. The minimum Gasteiger partial charge on any atom is -0.452 e. The molecule has 2 atom stereocenters. The van der Waals surface area contributed by atoms with E-state index in [4.69, 9.17) is 9.84 Å². The van der Waals surface area contributed by atoms with Crippen LogP contribution in [0.4, 0.5) is 0 Å². The van der Waals surface area contributed by atoms with Crippen LogP contribution < -0.4 is 0 Å². The van der Waals surface area contributed by atoms with Crippen molar-refractivity contribution in [2.75, 3.05) is 0 Å². The molecule has 56 valence electrons. The van der Waals surface area contributed by atoms with Gasteiger partial charge in [-0.05, 0) is 12.5 Å². The van der Waals surface area contributed by atoms with Gasteiger partial charge in [-0.3, -0.25) is 0 Å². The van der Waals surface area contributed by atoms with Crippen molar-refractivity contribution in [1.82, 2.24) is 0 Å². The minimum absolute atomic E-state index is 0.363. The predicted molar refractivity (Wildman–Crippen MR) is 35.3 cm³/mol. The molecular formula is C7H10O3. The average molecular weight is 142 g/mol. The number of ether oxygens (including phenoxy) is 1. The smallest absolute Gasteiger partial charge is 0.331 e. The molecular weight excluding hydrogens is 132 g/mol. The maximum Gasteiger partial charge on any atom is 0.331 e. The zero-order valence-electron chi connectivity index (χ0n) is 5.78. The number of hydrogen-bond acceptors (Lipinski definition) is 3. The number of hydrogen-bond donors (Lipinski definition) is 1. The van der Waals surface area contributed by atoms with E-state index in [0.717, 1.165) is 0 Å². The number of rotatable bonds is 2. The molecule has 1 N–H and O–H groups in total.